The molecule has 1 aliphatic carbocycles. The predicted molar refractivity (Wildman–Crippen MR) is 83.9 cm³/mol. The normalized spacial score (nSPS) is 20.5. The van der Waals surface area contributed by atoms with E-state index in [9.17, 15) is 14.9 Å². The van der Waals surface area contributed by atoms with Crippen molar-refractivity contribution in [1.82, 2.24) is 9.88 Å². The maximum Gasteiger partial charge on any atom is 0.317 e. The fourth-order valence-corrected chi connectivity index (χ4v) is 2.87. The maximum absolute atomic E-state index is 11.0. The van der Waals surface area contributed by atoms with Gasteiger partial charge in [-0.2, -0.15) is 0 Å². The molecule has 0 aromatic carbocycles. The summed E-state index contributed by atoms with van der Waals surface area (Å²) in [6, 6.07) is 1.67. The van der Waals surface area contributed by atoms with Crippen molar-refractivity contribution in [2.24, 2.45) is 0 Å². The van der Waals surface area contributed by atoms with Crippen molar-refractivity contribution in [3.8, 4) is 0 Å². The number of anilines is 1. The standard InChI is InChI=1S/C13H17BrN4O4/c1-2-17(7-12(19)20)10-4-9(5-10)16-13-11(18(21)22)3-8(14)6-15-13/h3,6,9-10H,2,4-5,7H2,1H3,(H,15,16)(H,19,20). The Labute approximate surface area is 135 Å². The molecule has 8 nitrogen and oxygen atoms in total. The summed E-state index contributed by atoms with van der Waals surface area (Å²) >= 11 is 3.17. The SMILES string of the molecule is CCN(CC(=O)O)C1CC(Nc2ncc(Br)cc2[N+](=O)[O-])C1. The van der Waals surface area contributed by atoms with Crippen LogP contribution in [0.1, 0.15) is 19.8 Å². The number of hydrogen-bond acceptors (Lipinski definition) is 6. The number of aromatic nitrogens is 1. The number of hydrogen-bond donors (Lipinski definition) is 2. The molecule has 0 aliphatic heterocycles. The number of rotatable bonds is 7. The molecule has 0 radical (unpaired) electrons. The summed E-state index contributed by atoms with van der Waals surface area (Å²) in [5.41, 5.74) is -0.0734. The summed E-state index contributed by atoms with van der Waals surface area (Å²) in [4.78, 5) is 27.3. The fraction of sp³-hybridized carbons (Fsp3) is 0.538. The molecular formula is C13H17BrN4O4. The number of carboxylic acids is 1. The van der Waals surface area contributed by atoms with Gasteiger partial charge in [-0.1, -0.05) is 6.92 Å². The Hall–Kier alpha value is -1.74. The molecule has 9 heteroatoms. The second-order valence-electron chi connectivity index (χ2n) is 5.20. The number of carbonyl (C=O) groups is 1. The van der Waals surface area contributed by atoms with Crippen molar-refractivity contribution in [1.29, 1.82) is 0 Å². The number of halogens is 1. The van der Waals surface area contributed by atoms with Crippen LogP contribution < -0.4 is 5.32 Å². The Bertz CT molecular complexity index is 577. The Morgan fingerprint density at radius 1 is 1.64 bits per heavy atom. The van der Waals surface area contributed by atoms with Crippen LogP contribution in [-0.2, 0) is 4.79 Å². The zero-order chi connectivity index (χ0) is 16.3. The molecule has 0 atom stereocenters. The Balaban J connectivity index is 1.95. The summed E-state index contributed by atoms with van der Waals surface area (Å²) in [5, 5.41) is 23.0. The van der Waals surface area contributed by atoms with Gasteiger partial charge in [0.15, 0.2) is 0 Å². The molecule has 1 aliphatic rings. The maximum atomic E-state index is 11.0. The van der Waals surface area contributed by atoms with E-state index in [1.54, 1.807) is 0 Å². The molecule has 0 saturated heterocycles. The average Bonchev–Trinajstić information content (AvgIpc) is 2.41. The van der Waals surface area contributed by atoms with E-state index in [0.717, 1.165) is 12.8 Å². The lowest BCUT2D eigenvalue weighted by molar-refractivity contribution is -0.384. The first-order chi connectivity index (χ1) is 10.4. The first kappa shape index (κ1) is 16.6. The largest absolute Gasteiger partial charge is 0.480 e. The Morgan fingerprint density at radius 3 is 2.86 bits per heavy atom. The van der Waals surface area contributed by atoms with Gasteiger partial charge in [0, 0.05) is 28.8 Å². The first-order valence-electron chi connectivity index (χ1n) is 6.93. The molecule has 1 aromatic heterocycles. The van der Waals surface area contributed by atoms with E-state index in [1.807, 2.05) is 11.8 Å². The van der Waals surface area contributed by atoms with E-state index in [-0.39, 0.29) is 30.1 Å². The molecule has 1 fully saturated rings. The van der Waals surface area contributed by atoms with Crippen LogP contribution in [0.2, 0.25) is 0 Å². The van der Waals surface area contributed by atoms with E-state index in [2.05, 4.69) is 26.2 Å². The van der Waals surface area contributed by atoms with Gasteiger partial charge < -0.3 is 10.4 Å². The van der Waals surface area contributed by atoms with Gasteiger partial charge in [0.2, 0.25) is 5.82 Å². The molecule has 2 rings (SSSR count). The highest BCUT2D eigenvalue weighted by atomic mass is 79.9. The van der Waals surface area contributed by atoms with Crippen LogP contribution in [0, 0.1) is 10.1 Å². The lowest BCUT2D eigenvalue weighted by Crippen LogP contribution is -2.51. The number of carboxylic acid groups (broad SMARTS) is 1. The van der Waals surface area contributed by atoms with Crippen molar-refractivity contribution in [2.75, 3.05) is 18.4 Å². The number of aliphatic carboxylic acids is 1. The molecule has 0 amide bonds. The van der Waals surface area contributed by atoms with Crippen LogP contribution in [0.15, 0.2) is 16.7 Å². The van der Waals surface area contributed by atoms with E-state index in [4.69, 9.17) is 5.11 Å². The average molecular weight is 373 g/mol. The third kappa shape index (κ3) is 3.92. The second kappa shape index (κ2) is 7.01. The third-order valence-corrected chi connectivity index (χ3v) is 4.18. The van der Waals surface area contributed by atoms with Crippen LogP contribution >= 0.6 is 15.9 Å². The molecule has 1 aromatic rings. The van der Waals surface area contributed by atoms with Crippen molar-refractivity contribution in [3.05, 3.63) is 26.9 Å². The van der Waals surface area contributed by atoms with Gasteiger partial charge in [-0.15, -0.1) is 0 Å². The highest BCUT2D eigenvalue weighted by molar-refractivity contribution is 9.10. The fourth-order valence-electron chi connectivity index (χ4n) is 2.55. The molecule has 1 saturated carbocycles. The van der Waals surface area contributed by atoms with Gasteiger partial charge in [-0.05, 0) is 35.3 Å². The highest BCUT2D eigenvalue weighted by Crippen LogP contribution is 2.32. The zero-order valence-corrected chi connectivity index (χ0v) is 13.6. The van der Waals surface area contributed by atoms with E-state index in [0.29, 0.717) is 11.0 Å². The highest BCUT2D eigenvalue weighted by Gasteiger charge is 2.35. The Morgan fingerprint density at radius 2 is 2.32 bits per heavy atom. The van der Waals surface area contributed by atoms with Gasteiger partial charge >= 0.3 is 11.7 Å². The number of nitrogens with one attached hydrogen (secondary N) is 1. The third-order valence-electron chi connectivity index (χ3n) is 3.75. The molecule has 0 unspecified atom stereocenters. The minimum absolute atomic E-state index is 0.0184. The van der Waals surface area contributed by atoms with Crippen molar-refractivity contribution < 1.29 is 14.8 Å². The zero-order valence-electron chi connectivity index (χ0n) is 12.0. The number of pyridine rings is 1. The van der Waals surface area contributed by atoms with E-state index in [1.165, 1.54) is 12.3 Å². The number of nitro groups is 1. The molecule has 0 spiro atoms. The van der Waals surface area contributed by atoms with Gasteiger partial charge in [0.25, 0.3) is 0 Å². The lowest BCUT2D eigenvalue weighted by Gasteiger charge is -2.42. The smallest absolute Gasteiger partial charge is 0.317 e. The number of likely N-dealkylation sites (N-methyl/N-ethyl adjacent to an activating group) is 1. The van der Waals surface area contributed by atoms with E-state index >= 15 is 0 Å². The molecule has 120 valence electrons. The lowest BCUT2D eigenvalue weighted by atomic mass is 9.85. The van der Waals surface area contributed by atoms with Gasteiger partial charge in [-0.25, -0.2) is 4.98 Å². The monoisotopic (exact) mass is 372 g/mol. The van der Waals surface area contributed by atoms with Crippen LogP contribution in [0.3, 0.4) is 0 Å². The van der Waals surface area contributed by atoms with Crippen molar-refractivity contribution in [2.45, 2.75) is 31.8 Å². The number of nitrogens with zero attached hydrogens (tertiary/aromatic N) is 3. The summed E-state index contributed by atoms with van der Waals surface area (Å²) in [7, 11) is 0. The predicted octanol–water partition coefficient (Wildman–Crippen LogP) is 2.10. The first-order valence-corrected chi connectivity index (χ1v) is 7.72. The summed E-state index contributed by atoms with van der Waals surface area (Å²) in [6.07, 6.45) is 3.00. The summed E-state index contributed by atoms with van der Waals surface area (Å²) < 4.78 is 0.551. The molecular weight excluding hydrogens is 356 g/mol. The van der Waals surface area contributed by atoms with E-state index < -0.39 is 10.9 Å². The molecule has 0 bridgehead atoms. The van der Waals surface area contributed by atoms with Crippen LogP contribution in [0.4, 0.5) is 11.5 Å². The van der Waals surface area contributed by atoms with Crippen LogP contribution in [-0.4, -0.2) is 51.1 Å². The van der Waals surface area contributed by atoms with Gasteiger partial charge in [0.1, 0.15) is 0 Å². The summed E-state index contributed by atoms with van der Waals surface area (Å²) in [6.45, 7) is 2.61. The topological polar surface area (TPSA) is 109 Å². The quantitative estimate of drug-likeness (QED) is 0.557. The second-order valence-corrected chi connectivity index (χ2v) is 6.12. The van der Waals surface area contributed by atoms with Crippen molar-refractivity contribution >= 4 is 33.4 Å². The van der Waals surface area contributed by atoms with Crippen molar-refractivity contribution in [3.63, 3.8) is 0 Å². The minimum atomic E-state index is -0.844. The van der Waals surface area contributed by atoms with Gasteiger partial charge in [-0.3, -0.25) is 19.8 Å². The summed E-state index contributed by atoms with van der Waals surface area (Å²) in [5.74, 6) is -0.596. The minimum Gasteiger partial charge on any atom is -0.480 e. The molecule has 2 N–H and O–H groups in total. The molecule has 1 heterocycles. The van der Waals surface area contributed by atoms with Crippen LogP contribution in [0.5, 0.6) is 0 Å². The Kier molecular flexibility index (Phi) is 5.30. The molecule has 22 heavy (non-hydrogen) atoms. The van der Waals surface area contributed by atoms with Crippen LogP contribution in [0.25, 0.3) is 0 Å². The van der Waals surface area contributed by atoms with Gasteiger partial charge in [0.05, 0.1) is 11.5 Å².